The van der Waals surface area contributed by atoms with E-state index in [4.69, 9.17) is 18.9 Å². The molecule has 4 aromatic carbocycles. The van der Waals surface area contributed by atoms with Crippen LogP contribution in [0.15, 0.2) is 96.1 Å². The van der Waals surface area contributed by atoms with E-state index in [0.29, 0.717) is 22.6 Å². The highest BCUT2D eigenvalue weighted by Gasteiger charge is 2.15. The van der Waals surface area contributed by atoms with E-state index < -0.39 is 23.8 Å². The number of rotatable bonds is 10. The van der Waals surface area contributed by atoms with E-state index >= 15 is 0 Å². The Morgan fingerprint density at radius 2 is 1.30 bits per heavy atom. The van der Waals surface area contributed by atoms with E-state index in [2.05, 4.69) is 15.8 Å². The highest BCUT2D eigenvalue weighted by atomic mass is 16.6. The van der Waals surface area contributed by atoms with Gasteiger partial charge in [-0.05, 0) is 72.3 Å². The lowest BCUT2D eigenvalue weighted by Gasteiger charge is -2.11. The molecule has 4 rings (SSSR count). The van der Waals surface area contributed by atoms with Gasteiger partial charge in [-0.3, -0.25) is 14.4 Å². The zero-order valence-corrected chi connectivity index (χ0v) is 23.5. The predicted molar refractivity (Wildman–Crippen MR) is 158 cm³/mol. The summed E-state index contributed by atoms with van der Waals surface area (Å²) in [4.78, 5) is 49.1. The Labute approximate surface area is 247 Å². The molecule has 0 aliphatic carbocycles. The highest BCUT2D eigenvalue weighted by Crippen LogP contribution is 2.29. The van der Waals surface area contributed by atoms with Crippen molar-refractivity contribution in [1.29, 1.82) is 0 Å². The number of ether oxygens (including phenoxy) is 4. The van der Waals surface area contributed by atoms with Crippen LogP contribution in [0.1, 0.15) is 43.6 Å². The molecule has 218 valence electrons. The third-order valence-electron chi connectivity index (χ3n) is 5.84. The molecule has 0 unspecified atom stereocenters. The first-order valence-corrected chi connectivity index (χ1v) is 12.8. The van der Waals surface area contributed by atoms with Gasteiger partial charge in [0.15, 0.2) is 23.0 Å². The number of carbonyl (C=O) groups is 4. The summed E-state index contributed by atoms with van der Waals surface area (Å²) in [6.45, 7) is 1.26. The van der Waals surface area contributed by atoms with Crippen LogP contribution >= 0.6 is 0 Å². The van der Waals surface area contributed by atoms with Crippen molar-refractivity contribution in [2.24, 2.45) is 5.10 Å². The molecule has 0 fully saturated rings. The molecule has 0 atom stereocenters. The quantitative estimate of drug-likeness (QED) is 0.117. The summed E-state index contributed by atoms with van der Waals surface area (Å²) in [6, 6.07) is 24.1. The molecular weight excluding hydrogens is 554 g/mol. The first-order valence-electron chi connectivity index (χ1n) is 12.8. The summed E-state index contributed by atoms with van der Waals surface area (Å²) in [7, 11) is 2.84. The molecule has 11 nitrogen and oxygen atoms in total. The molecule has 0 heterocycles. The SMILES string of the molecule is COc1cc(C(=O)Nc2cccc(C(=O)NN=Cc3ccc(OC(=O)c4ccccc4)c(OC)c3)c2)ccc1OC(C)=O. The van der Waals surface area contributed by atoms with Gasteiger partial charge in [-0.1, -0.05) is 24.3 Å². The summed E-state index contributed by atoms with van der Waals surface area (Å²) in [5.41, 5.74) is 4.28. The van der Waals surface area contributed by atoms with E-state index in [1.807, 2.05) is 0 Å². The lowest BCUT2D eigenvalue weighted by Crippen LogP contribution is -2.18. The third kappa shape index (κ3) is 8.04. The number of hydrogen-bond acceptors (Lipinski definition) is 9. The van der Waals surface area contributed by atoms with Gasteiger partial charge in [-0.15, -0.1) is 0 Å². The second-order valence-corrected chi connectivity index (χ2v) is 8.86. The Bertz CT molecular complexity index is 1690. The zero-order chi connectivity index (χ0) is 30.8. The van der Waals surface area contributed by atoms with Gasteiger partial charge >= 0.3 is 11.9 Å². The van der Waals surface area contributed by atoms with Gasteiger partial charge in [0.05, 0.1) is 26.0 Å². The minimum absolute atomic E-state index is 0.187. The monoisotopic (exact) mass is 581 g/mol. The molecule has 0 bridgehead atoms. The standard InChI is InChI=1S/C32H27N3O8/c1-20(36)42-26-15-13-24(18-29(26)41-3)30(37)34-25-11-7-10-23(17-25)31(38)35-33-19-21-12-14-27(28(16-21)40-2)43-32(39)22-8-5-4-6-9-22/h4-19H,1-3H3,(H,34,37)(H,35,38). The maximum Gasteiger partial charge on any atom is 0.343 e. The molecule has 0 aliphatic rings. The average molecular weight is 582 g/mol. The van der Waals surface area contributed by atoms with Crippen LogP contribution in [0.3, 0.4) is 0 Å². The van der Waals surface area contributed by atoms with Crippen molar-refractivity contribution >= 4 is 35.7 Å². The Morgan fingerprint density at radius 3 is 2.02 bits per heavy atom. The van der Waals surface area contributed by atoms with Gasteiger partial charge in [0.2, 0.25) is 0 Å². The molecule has 0 aliphatic heterocycles. The Balaban J connectivity index is 1.38. The fraction of sp³-hybridized carbons (Fsp3) is 0.0938. The molecule has 0 radical (unpaired) electrons. The van der Waals surface area contributed by atoms with E-state index in [1.54, 1.807) is 66.7 Å². The topological polar surface area (TPSA) is 142 Å². The van der Waals surface area contributed by atoms with E-state index in [-0.39, 0.29) is 28.4 Å². The molecule has 0 spiro atoms. The Hall–Kier alpha value is -5.97. The first-order chi connectivity index (χ1) is 20.8. The van der Waals surface area contributed by atoms with E-state index in [1.165, 1.54) is 51.6 Å². The molecule has 0 saturated carbocycles. The zero-order valence-electron chi connectivity index (χ0n) is 23.5. The number of carbonyl (C=O) groups excluding carboxylic acids is 4. The summed E-state index contributed by atoms with van der Waals surface area (Å²) in [5, 5.41) is 6.71. The fourth-order valence-corrected chi connectivity index (χ4v) is 3.80. The number of esters is 2. The first kappa shape index (κ1) is 30.0. The highest BCUT2D eigenvalue weighted by molar-refractivity contribution is 6.05. The number of nitrogens with zero attached hydrogens (tertiary/aromatic N) is 1. The molecule has 2 N–H and O–H groups in total. The minimum atomic E-state index is -0.525. The van der Waals surface area contributed by atoms with Gasteiger partial charge < -0.3 is 24.3 Å². The Kier molecular flexibility index (Phi) is 9.83. The molecule has 43 heavy (non-hydrogen) atoms. The molecule has 0 saturated heterocycles. The summed E-state index contributed by atoms with van der Waals surface area (Å²) in [5.74, 6) is -1.08. The van der Waals surface area contributed by atoms with Crippen molar-refractivity contribution in [3.05, 3.63) is 113 Å². The predicted octanol–water partition coefficient (Wildman–Crippen LogP) is 4.86. The maximum absolute atomic E-state index is 12.8. The molecule has 11 heteroatoms. The maximum atomic E-state index is 12.8. The smallest absolute Gasteiger partial charge is 0.343 e. The number of nitrogens with one attached hydrogen (secondary N) is 2. The molecular formula is C32H27N3O8. The average Bonchev–Trinajstić information content (AvgIpc) is 3.02. The number of methoxy groups -OCH3 is 2. The van der Waals surface area contributed by atoms with Gasteiger partial charge in [-0.25, -0.2) is 10.2 Å². The van der Waals surface area contributed by atoms with Crippen molar-refractivity contribution < 1.29 is 38.1 Å². The van der Waals surface area contributed by atoms with Crippen LogP contribution in [-0.4, -0.2) is 44.2 Å². The molecule has 4 aromatic rings. The molecule has 2 amide bonds. The summed E-state index contributed by atoms with van der Waals surface area (Å²) < 4.78 is 21.1. The van der Waals surface area contributed by atoms with Crippen LogP contribution in [0.25, 0.3) is 0 Å². The van der Waals surface area contributed by atoms with Crippen molar-refractivity contribution in [3.63, 3.8) is 0 Å². The van der Waals surface area contributed by atoms with E-state index in [0.717, 1.165) is 0 Å². The largest absolute Gasteiger partial charge is 0.493 e. The van der Waals surface area contributed by atoms with Gasteiger partial charge in [0.25, 0.3) is 11.8 Å². The van der Waals surface area contributed by atoms with Crippen molar-refractivity contribution in [2.45, 2.75) is 6.92 Å². The van der Waals surface area contributed by atoms with Gasteiger partial charge in [0, 0.05) is 23.7 Å². The number of anilines is 1. The summed E-state index contributed by atoms with van der Waals surface area (Å²) >= 11 is 0. The van der Waals surface area contributed by atoms with E-state index in [9.17, 15) is 19.2 Å². The fourth-order valence-electron chi connectivity index (χ4n) is 3.80. The Morgan fingerprint density at radius 1 is 0.651 bits per heavy atom. The van der Waals surface area contributed by atoms with Gasteiger partial charge in [0.1, 0.15) is 0 Å². The lowest BCUT2D eigenvalue weighted by atomic mass is 10.1. The van der Waals surface area contributed by atoms with Crippen LogP contribution in [0.5, 0.6) is 23.0 Å². The van der Waals surface area contributed by atoms with Crippen LogP contribution in [0.2, 0.25) is 0 Å². The number of benzene rings is 4. The van der Waals surface area contributed by atoms with Crippen molar-refractivity contribution in [1.82, 2.24) is 5.43 Å². The van der Waals surface area contributed by atoms with Crippen molar-refractivity contribution in [2.75, 3.05) is 19.5 Å². The normalized spacial score (nSPS) is 10.5. The van der Waals surface area contributed by atoms with Gasteiger partial charge in [-0.2, -0.15) is 5.10 Å². The summed E-state index contributed by atoms with van der Waals surface area (Å²) in [6.07, 6.45) is 1.40. The minimum Gasteiger partial charge on any atom is -0.493 e. The molecule has 0 aromatic heterocycles. The van der Waals surface area contributed by atoms with Crippen LogP contribution in [0, 0.1) is 0 Å². The number of hydrazone groups is 1. The lowest BCUT2D eigenvalue weighted by molar-refractivity contribution is -0.132. The second kappa shape index (κ2) is 14.1. The third-order valence-corrected chi connectivity index (χ3v) is 5.84. The second-order valence-electron chi connectivity index (χ2n) is 8.86. The van der Waals surface area contributed by atoms with Crippen LogP contribution in [0.4, 0.5) is 5.69 Å². The van der Waals surface area contributed by atoms with Crippen LogP contribution < -0.4 is 29.7 Å². The number of hydrogen-bond donors (Lipinski definition) is 2. The van der Waals surface area contributed by atoms with Crippen LogP contribution in [-0.2, 0) is 4.79 Å². The van der Waals surface area contributed by atoms with Crippen molar-refractivity contribution in [3.8, 4) is 23.0 Å². The number of amides is 2.